The second-order valence-electron chi connectivity index (χ2n) is 6.04. The molecule has 8 nitrogen and oxygen atoms in total. The number of furan rings is 1. The zero-order valence-electron chi connectivity index (χ0n) is 14.5. The molecule has 4 rings (SSSR count). The molecular formula is C18H18N6O2. The molecule has 4 heterocycles. The topological polar surface area (TPSA) is 90.2 Å². The summed E-state index contributed by atoms with van der Waals surface area (Å²) in [5, 5.41) is 11.6. The Morgan fingerprint density at radius 2 is 2.19 bits per heavy atom. The van der Waals surface area contributed by atoms with Crippen molar-refractivity contribution in [2.75, 3.05) is 6.54 Å². The zero-order valence-corrected chi connectivity index (χ0v) is 14.5. The summed E-state index contributed by atoms with van der Waals surface area (Å²) in [6, 6.07) is 7.46. The number of hydrogen-bond donors (Lipinski definition) is 1. The molecular weight excluding hydrogens is 332 g/mol. The van der Waals surface area contributed by atoms with Crippen molar-refractivity contribution in [3.63, 3.8) is 0 Å². The molecule has 8 heteroatoms. The van der Waals surface area contributed by atoms with Crippen molar-refractivity contribution >= 4 is 11.6 Å². The normalized spacial score (nSPS) is 11.2. The number of fused-ring (bicyclic) bond motifs is 1. The third-order valence-electron chi connectivity index (χ3n) is 4.07. The summed E-state index contributed by atoms with van der Waals surface area (Å²) in [7, 11) is 1.80. The summed E-state index contributed by atoms with van der Waals surface area (Å²) in [5.74, 6) is 0.590. The standard InChI is InChI=1S/C18H18N6O2/c1-12-14(11-23(2)21-12)18(25)19-7-5-13-10-17-20-15(6-8-24(17)22-13)16-4-3-9-26-16/h3-4,6,8-11H,5,7H2,1-2H3,(H,19,25). The Bertz CT molecular complexity index is 1060. The van der Waals surface area contributed by atoms with E-state index in [0.29, 0.717) is 30.0 Å². The van der Waals surface area contributed by atoms with Crippen LogP contribution in [0.1, 0.15) is 21.7 Å². The lowest BCUT2D eigenvalue weighted by Crippen LogP contribution is -2.26. The first-order valence-electron chi connectivity index (χ1n) is 8.28. The van der Waals surface area contributed by atoms with Crippen molar-refractivity contribution < 1.29 is 9.21 Å². The van der Waals surface area contributed by atoms with Gasteiger partial charge in [0, 0.05) is 38.5 Å². The Balaban J connectivity index is 1.43. The number of amides is 1. The molecule has 0 saturated carbocycles. The fraction of sp³-hybridized carbons (Fsp3) is 0.222. The molecule has 4 aromatic rings. The van der Waals surface area contributed by atoms with Gasteiger partial charge in [0.05, 0.1) is 23.2 Å². The second kappa shape index (κ2) is 6.47. The van der Waals surface area contributed by atoms with Gasteiger partial charge < -0.3 is 9.73 Å². The largest absolute Gasteiger partial charge is 0.463 e. The van der Waals surface area contributed by atoms with Crippen LogP contribution >= 0.6 is 0 Å². The lowest BCUT2D eigenvalue weighted by molar-refractivity contribution is 0.0953. The van der Waals surface area contributed by atoms with Crippen LogP contribution in [0.4, 0.5) is 0 Å². The van der Waals surface area contributed by atoms with Crippen molar-refractivity contribution in [1.29, 1.82) is 0 Å². The van der Waals surface area contributed by atoms with Gasteiger partial charge in [0.2, 0.25) is 0 Å². The van der Waals surface area contributed by atoms with Crippen molar-refractivity contribution in [1.82, 2.24) is 29.7 Å². The number of aromatic nitrogens is 5. The van der Waals surface area contributed by atoms with E-state index < -0.39 is 0 Å². The van der Waals surface area contributed by atoms with Crippen LogP contribution in [-0.4, -0.2) is 36.8 Å². The van der Waals surface area contributed by atoms with E-state index in [2.05, 4.69) is 20.5 Å². The molecule has 0 spiro atoms. The van der Waals surface area contributed by atoms with Gasteiger partial charge in [-0.2, -0.15) is 10.2 Å². The van der Waals surface area contributed by atoms with Gasteiger partial charge in [0.25, 0.3) is 5.91 Å². The average Bonchev–Trinajstić information content (AvgIpc) is 3.33. The van der Waals surface area contributed by atoms with E-state index in [1.165, 1.54) is 0 Å². The van der Waals surface area contributed by atoms with Crippen LogP contribution in [0.2, 0.25) is 0 Å². The Kier molecular flexibility index (Phi) is 4.00. The van der Waals surface area contributed by atoms with Gasteiger partial charge in [-0.05, 0) is 25.1 Å². The highest BCUT2D eigenvalue weighted by Gasteiger charge is 2.12. The van der Waals surface area contributed by atoms with Crippen molar-refractivity contribution in [2.45, 2.75) is 13.3 Å². The van der Waals surface area contributed by atoms with Gasteiger partial charge in [-0.15, -0.1) is 0 Å². The summed E-state index contributed by atoms with van der Waals surface area (Å²) in [5.41, 5.74) is 3.66. The third-order valence-corrected chi connectivity index (χ3v) is 4.07. The minimum Gasteiger partial charge on any atom is -0.463 e. The highest BCUT2D eigenvalue weighted by atomic mass is 16.3. The van der Waals surface area contributed by atoms with E-state index >= 15 is 0 Å². The first-order chi connectivity index (χ1) is 12.6. The highest BCUT2D eigenvalue weighted by molar-refractivity contribution is 5.94. The van der Waals surface area contributed by atoms with Crippen LogP contribution in [0.5, 0.6) is 0 Å². The molecule has 4 aromatic heterocycles. The fourth-order valence-electron chi connectivity index (χ4n) is 2.83. The van der Waals surface area contributed by atoms with Crippen LogP contribution in [0.3, 0.4) is 0 Å². The van der Waals surface area contributed by atoms with Crippen LogP contribution in [0, 0.1) is 6.92 Å². The number of nitrogens with zero attached hydrogens (tertiary/aromatic N) is 5. The predicted octanol–water partition coefficient (Wildman–Crippen LogP) is 2.00. The van der Waals surface area contributed by atoms with Crippen molar-refractivity contribution in [2.24, 2.45) is 7.05 Å². The van der Waals surface area contributed by atoms with Gasteiger partial charge in [0.1, 0.15) is 5.69 Å². The monoisotopic (exact) mass is 350 g/mol. The van der Waals surface area contributed by atoms with Crippen LogP contribution in [-0.2, 0) is 13.5 Å². The molecule has 132 valence electrons. The quantitative estimate of drug-likeness (QED) is 0.594. The maximum Gasteiger partial charge on any atom is 0.254 e. The Morgan fingerprint density at radius 1 is 1.31 bits per heavy atom. The number of rotatable bonds is 5. The molecule has 1 amide bonds. The molecule has 0 aliphatic carbocycles. The van der Waals surface area contributed by atoms with E-state index in [-0.39, 0.29) is 5.91 Å². The minimum atomic E-state index is -0.127. The molecule has 0 fully saturated rings. The van der Waals surface area contributed by atoms with Crippen LogP contribution in [0.25, 0.3) is 17.1 Å². The van der Waals surface area contributed by atoms with Gasteiger partial charge in [0.15, 0.2) is 11.4 Å². The Morgan fingerprint density at radius 3 is 2.92 bits per heavy atom. The van der Waals surface area contributed by atoms with Gasteiger partial charge >= 0.3 is 0 Å². The van der Waals surface area contributed by atoms with E-state index in [0.717, 1.165) is 17.0 Å². The molecule has 1 N–H and O–H groups in total. The molecule has 0 aliphatic rings. The number of carbonyl (C=O) groups excluding carboxylic acids is 1. The minimum absolute atomic E-state index is 0.127. The fourth-order valence-corrected chi connectivity index (χ4v) is 2.83. The summed E-state index contributed by atoms with van der Waals surface area (Å²) in [6.07, 6.45) is 5.80. The summed E-state index contributed by atoms with van der Waals surface area (Å²) < 4.78 is 8.72. The zero-order chi connectivity index (χ0) is 18.1. The number of hydrogen-bond acceptors (Lipinski definition) is 5. The molecule has 26 heavy (non-hydrogen) atoms. The highest BCUT2D eigenvalue weighted by Crippen LogP contribution is 2.18. The molecule has 0 atom stereocenters. The SMILES string of the molecule is Cc1nn(C)cc1C(=O)NCCc1cc2nc(-c3ccco3)ccn2n1. The summed E-state index contributed by atoms with van der Waals surface area (Å²) >= 11 is 0. The van der Waals surface area contributed by atoms with Crippen molar-refractivity contribution in [3.8, 4) is 11.5 Å². The summed E-state index contributed by atoms with van der Waals surface area (Å²) in [6.45, 7) is 2.31. The molecule has 0 aromatic carbocycles. The van der Waals surface area contributed by atoms with E-state index in [9.17, 15) is 4.79 Å². The Labute approximate surface area is 149 Å². The molecule has 0 bridgehead atoms. The van der Waals surface area contributed by atoms with Gasteiger partial charge in [-0.3, -0.25) is 9.48 Å². The van der Waals surface area contributed by atoms with Crippen LogP contribution in [0.15, 0.2) is 47.3 Å². The first-order valence-corrected chi connectivity index (χ1v) is 8.28. The van der Waals surface area contributed by atoms with E-state index in [1.807, 2.05) is 37.4 Å². The van der Waals surface area contributed by atoms with Gasteiger partial charge in [-0.25, -0.2) is 9.50 Å². The predicted molar refractivity (Wildman–Crippen MR) is 94.7 cm³/mol. The van der Waals surface area contributed by atoms with Crippen molar-refractivity contribution in [3.05, 3.63) is 59.9 Å². The van der Waals surface area contributed by atoms with E-state index in [1.54, 1.807) is 28.7 Å². The lowest BCUT2D eigenvalue weighted by atomic mass is 10.2. The van der Waals surface area contributed by atoms with E-state index in [4.69, 9.17) is 4.42 Å². The Hall–Kier alpha value is -3.42. The second-order valence-corrected chi connectivity index (χ2v) is 6.04. The lowest BCUT2D eigenvalue weighted by Gasteiger charge is -2.02. The van der Waals surface area contributed by atoms with Crippen LogP contribution < -0.4 is 5.32 Å². The third kappa shape index (κ3) is 3.08. The smallest absolute Gasteiger partial charge is 0.254 e. The maximum atomic E-state index is 12.2. The molecule has 0 aliphatic heterocycles. The number of nitrogens with one attached hydrogen (secondary N) is 1. The number of aryl methyl sites for hydroxylation is 2. The molecule has 0 unspecified atom stereocenters. The molecule has 0 saturated heterocycles. The first kappa shape index (κ1) is 16.1. The summed E-state index contributed by atoms with van der Waals surface area (Å²) in [4.78, 5) is 16.8. The maximum absolute atomic E-state index is 12.2. The number of carbonyl (C=O) groups is 1. The molecule has 0 radical (unpaired) electrons. The average molecular weight is 350 g/mol. The van der Waals surface area contributed by atoms with Gasteiger partial charge in [-0.1, -0.05) is 0 Å².